The minimum absolute atomic E-state index is 0.178. The fourth-order valence-corrected chi connectivity index (χ4v) is 2.32. The van der Waals surface area contributed by atoms with Gasteiger partial charge in [0.1, 0.15) is 0 Å². The number of anilines is 1. The smallest absolute Gasteiger partial charge is 0.277 e. The molecule has 0 atom stereocenters. The maximum atomic E-state index is 12.4. The Hall–Kier alpha value is -3.41. The number of rotatable bonds is 3. The molecule has 0 aliphatic rings. The van der Waals surface area contributed by atoms with Gasteiger partial charge in [-0.2, -0.15) is 0 Å². The highest BCUT2D eigenvalue weighted by Gasteiger charge is 2.16. The maximum absolute atomic E-state index is 12.4. The van der Waals surface area contributed by atoms with Gasteiger partial charge in [-0.15, -0.1) is 0 Å². The van der Waals surface area contributed by atoms with Crippen molar-refractivity contribution in [1.82, 2.24) is 10.1 Å². The van der Waals surface area contributed by atoms with E-state index in [1.54, 1.807) is 18.3 Å². The number of fused-ring (bicyclic) bond motifs is 1. The van der Waals surface area contributed by atoms with Crippen molar-refractivity contribution in [3.8, 4) is 11.5 Å². The van der Waals surface area contributed by atoms with Gasteiger partial charge in [-0.05, 0) is 36.4 Å². The van der Waals surface area contributed by atoms with Crippen molar-refractivity contribution in [2.75, 3.05) is 5.32 Å². The van der Waals surface area contributed by atoms with Crippen LogP contribution in [-0.4, -0.2) is 16.0 Å². The molecule has 4 aromatic rings. The summed E-state index contributed by atoms with van der Waals surface area (Å²) >= 11 is 0. The number of furan rings is 1. The molecular formula is C17H11N3O3. The van der Waals surface area contributed by atoms with Crippen LogP contribution in [0.1, 0.15) is 10.5 Å². The van der Waals surface area contributed by atoms with E-state index in [2.05, 4.69) is 15.5 Å². The number of carbonyl (C=O) groups is 1. The molecule has 3 aromatic heterocycles. The molecule has 0 spiro atoms. The summed E-state index contributed by atoms with van der Waals surface area (Å²) in [5.41, 5.74) is 1.65. The molecule has 23 heavy (non-hydrogen) atoms. The van der Waals surface area contributed by atoms with Crippen molar-refractivity contribution in [3.05, 3.63) is 66.7 Å². The van der Waals surface area contributed by atoms with Crippen LogP contribution in [0, 0.1) is 0 Å². The zero-order valence-corrected chi connectivity index (χ0v) is 11.9. The minimum atomic E-state index is -0.358. The van der Waals surface area contributed by atoms with E-state index in [0.717, 1.165) is 10.9 Å². The third kappa shape index (κ3) is 2.46. The Morgan fingerprint density at radius 1 is 1.04 bits per heavy atom. The summed E-state index contributed by atoms with van der Waals surface area (Å²) in [5, 5.41) is 7.47. The van der Waals surface area contributed by atoms with Gasteiger partial charge in [-0.3, -0.25) is 9.78 Å². The van der Waals surface area contributed by atoms with Gasteiger partial charge in [0.15, 0.2) is 11.5 Å². The topological polar surface area (TPSA) is 81.2 Å². The van der Waals surface area contributed by atoms with Gasteiger partial charge in [0, 0.05) is 17.6 Å². The third-order valence-electron chi connectivity index (χ3n) is 3.40. The number of aromatic nitrogens is 2. The first-order chi connectivity index (χ1) is 11.3. The molecule has 0 radical (unpaired) electrons. The molecule has 6 heteroatoms. The van der Waals surface area contributed by atoms with E-state index in [1.165, 1.54) is 12.3 Å². The van der Waals surface area contributed by atoms with Crippen LogP contribution in [0.3, 0.4) is 0 Å². The van der Waals surface area contributed by atoms with E-state index < -0.39 is 0 Å². The highest BCUT2D eigenvalue weighted by Crippen LogP contribution is 2.23. The lowest BCUT2D eigenvalue weighted by molar-refractivity contribution is 0.101. The molecule has 0 aliphatic heterocycles. The summed E-state index contributed by atoms with van der Waals surface area (Å²) in [6.45, 7) is 0. The first kappa shape index (κ1) is 13.3. The number of pyridine rings is 1. The Labute approximate surface area is 130 Å². The highest BCUT2D eigenvalue weighted by molar-refractivity contribution is 6.07. The number of nitrogens with zero attached hydrogens (tertiary/aromatic N) is 2. The monoisotopic (exact) mass is 305 g/mol. The molecule has 0 saturated heterocycles. The van der Waals surface area contributed by atoms with Gasteiger partial charge in [0.2, 0.25) is 5.76 Å². The number of hydrogen-bond acceptors (Lipinski definition) is 5. The van der Waals surface area contributed by atoms with Gasteiger partial charge < -0.3 is 14.3 Å². The van der Waals surface area contributed by atoms with Crippen molar-refractivity contribution in [1.29, 1.82) is 0 Å². The zero-order chi connectivity index (χ0) is 15.6. The Morgan fingerprint density at radius 3 is 2.87 bits per heavy atom. The number of hydrogen-bond donors (Lipinski definition) is 1. The lowest BCUT2D eigenvalue weighted by Gasteiger charge is -2.06. The van der Waals surface area contributed by atoms with Crippen LogP contribution in [0.25, 0.3) is 22.4 Å². The first-order valence-corrected chi connectivity index (χ1v) is 6.97. The second-order valence-corrected chi connectivity index (χ2v) is 4.88. The van der Waals surface area contributed by atoms with E-state index in [4.69, 9.17) is 8.94 Å². The zero-order valence-electron chi connectivity index (χ0n) is 11.9. The molecule has 1 N–H and O–H groups in total. The van der Waals surface area contributed by atoms with Crippen molar-refractivity contribution >= 4 is 22.5 Å². The van der Waals surface area contributed by atoms with Gasteiger partial charge >= 0.3 is 0 Å². The average molecular weight is 305 g/mol. The van der Waals surface area contributed by atoms with Crippen molar-refractivity contribution in [3.63, 3.8) is 0 Å². The van der Waals surface area contributed by atoms with Crippen LogP contribution in [0.15, 0.2) is 69.9 Å². The maximum Gasteiger partial charge on any atom is 0.277 e. The van der Waals surface area contributed by atoms with Crippen molar-refractivity contribution in [2.24, 2.45) is 0 Å². The van der Waals surface area contributed by atoms with Gasteiger partial charge in [0.25, 0.3) is 5.91 Å². The predicted octanol–water partition coefficient (Wildman–Crippen LogP) is 3.74. The Balaban J connectivity index is 1.62. The summed E-state index contributed by atoms with van der Waals surface area (Å²) in [7, 11) is 0. The molecule has 1 aromatic carbocycles. The molecule has 4 rings (SSSR count). The third-order valence-corrected chi connectivity index (χ3v) is 3.40. The SMILES string of the molecule is O=C(Nc1cccc2ncccc12)c1cc(-c2ccco2)on1. The molecule has 112 valence electrons. The Kier molecular flexibility index (Phi) is 3.12. The summed E-state index contributed by atoms with van der Waals surface area (Å²) in [4.78, 5) is 16.6. The quantitative estimate of drug-likeness (QED) is 0.623. The van der Waals surface area contributed by atoms with Gasteiger partial charge in [-0.25, -0.2) is 0 Å². The lowest BCUT2D eigenvalue weighted by atomic mass is 10.2. The molecule has 0 unspecified atom stereocenters. The molecule has 0 fully saturated rings. The predicted molar refractivity (Wildman–Crippen MR) is 83.9 cm³/mol. The second-order valence-electron chi connectivity index (χ2n) is 4.88. The Morgan fingerprint density at radius 2 is 2.00 bits per heavy atom. The minimum Gasteiger partial charge on any atom is -0.461 e. The number of benzene rings is 1. The van der Waals surface area contributed by atoms with E-state index in [1.807, 2.05) is 30.3 Å². The fraction of sp³-hybridized carbons (Fsp3) is 0. The first-order valence-electron chi connectivity index (χ1n) is 6.97. The average Bonchev–Trinajstić information content (AvgIpc) is 3.26. The fourth-order valence-electron chi connectivity index (χ4n) is 2.32. The summed E-state index contributed by atoms with van der Waals surface area (Å²) in [6.07, 6.45) is 3.24. The molecular weight excluding hydrogens is 294 g/mol. The molecule has 0 saturated carbocycles. The number of carbonyl (C=O) groups excluding carboxylic acids is 1. The standard InChI is InChI=1S/C17H11N3O3/c21-17(14-10-16(23-20-14)15-7-3-9-22-15)19-13-6-1-5-12-11(13)4-2-8-18-12/h1-10H,(H,19,21). The van der Waals surface area contributed by atoms with E-state index >= 15 is 0 Å². The van der Waals surface area contributed by atoms with Crippen LogP contribution >= 0.6 is 0 Å². The number of nitrogens with one attached hydrogen (secondary N) is 1. The highest BCUT2D eigenvalue weighted by atomic mass is 16.5. The molecule has 1 amide bonds. The van der Waals surface area contributed by atoms with E-state index in [9.17, 15) is 4.79 Å². The Bertz CT molecular complexity index is 968. The van der Waals surface area contributed by atoms with Crippen molar-refractivity contribution in [2.45, 2.75) is 0 Å². The normalized spacial score (nSPS) is 10.8. The van der Waals surface area contributed by atoms with Crippen LogP contribution in [-0.2, 0) is 0 Å². The van der Waals surface area contributed by atoms with Crippen LogP contribution in [0.4, 0.5) is 5.69 Å². The molecule has 0 aliphatic carbocycles. The van der Waals surface area contributed by atoms with Gasteiger partial charge in [0.05, 0.1) is 17.5 Å². The second kappa shape index (κ2) is 5.42. The van der Waals surface area contributed by atoms with E-state index in [-0.39, 0.29) is 11.6 Å². The van der Waals surface area contributed by atoms with Crippen LogP contribution in [0.2, 0.25) is 0 Å². The molecule has 3 heterocycles. The van der Waals surface area contributed by atoms with Gasteiger partial charge in [-0.1, -0.05) is 11.2 Å². The van der Waals surface area contributed by atoms with E-state index in [0.29, 0.717) is 17.2 Å². The molecule has 0 bridgehead atoms. The summed E-state index contributed by atoms with van der Waals surface area (Å²) in [6, 6.07) is 14.3. The number of amides is 1. The van der Waals surface area contributed by atoms with Crippen LogP contribution in [0.5, 0.6) is 0 Å². The lowest BCUT2D eigenvalue weighted by Crippen LogP contribution is -2.12. The molecule has 6 nitrogen and oxygen atoms in total. The summed E-state index contributed by atoms with van der Waals surface area (Å²) < 4.78 is 10.4. The van der Waals surface area contributed by atoms with Crippen LogP contribution < -0.4 is 5.32 Å². The van der Waals surface area contributed by atoms with Crippen molar-refractivity contribution < 1.29 is 13.7 Å². The summed E-state index contributed by atoms with van der Waals surface area (Å²) in [5.74, 6) is 0.563. The largest absolute Gasteiger partial charge is 0.461 e.